The molecule has 0 aliphatic rings. The van der Waals surface area contributed by atoms with E-state index in [1.54, 1.807) is 21.3 Å². The fraction of sp³-hybridized carbons (Fsp3) is 0.786. The van der Waals surface area contributed by atoms with Crippen LogP contribution in [-0.2, 0) is 48.5 Å². The SMILES string of the molecule is COCCOCCOCCOc1cc(CCl)cc(OCCOCCOCCOC)c1OCCOCCOCCOC. The van der Waals surface area contributed by atoms with Gasteiger partial charge in [-0.3, -0.25) is 0 Å². The van der Waals surface area contributed by atoms with Crippen LogP contribution < -0.4 is 14.2 Å². The fourth-order valence-electron chi connectivity index (χ4n) is 3.08. The minimum Gasteiger partial charge on any atom is -0.487 e. The van der Waals surface area contributed by atoms with Crippen molar-refractivity contribution in [3.63, 3.8) is 0 Å². The number of halogens is 1. The van der Waals surface area contributed by atoms with Gasteiger partial charge in [-0.2, -0.15) is 0 Å². The molecule has 0 unspecified atom stereocenters. The van der Waals surface area contributed by atoms with Crippen molar-refractivity contribution in [2.75, 3.05) is 140 Å². The molecule has 41 heavy (non-hydrogen) atoms. The first-order chi connectivity index (χ1) is 20.3. The van der Waals surface area contributed by atoms with E-state index in [9.17, 15) is 0 Å². The van der Waals surface area contributed by atoms with Crippen LogP contribution in [0.25, 0.3) is 0 Å². The Balaban J connectivity index is 2.60. The van der Waals surface area contributed by atoms with E-state index in [1.165, 1.54) is 0 Å². The van der Waals surface area contributed by atoms with Crippen molar-refractivity contribution < 1.29 is 56.8 Å². The van der Waals surface area contributed by atoms with Gasteiger partial charge in [0.25, 0.3) is 0 Å². The third-order valence-electron chi connectivity index (χ3n) is 5.09. The molecule has 1 aromatic carbocycles. The van der Waals surface area contributed by atoms with Gasteiger partial charge in [-0.1, -0.05) is 0 Å². The Morgan fingerprint density at radius 2 is 0.707 bits per heavy atom. The van der Waals surface area contributed by atoms with Crippen molar-refractivity contribution in [1.82, 2.24) is 0 Å². The molecule has 12 nitrogen and oxygen atoms in total. The highest BCUT2D eigenvalue weighted by Gasteiger charge is 2.16. The molecule has 0 fully saturated rings. The van der Waals surface area contributed by atoms with Crippen molar-refractivity contribution in [3.8, 4) is 17.2 Å². The predicted molar refractivity (Wildman–Crippen MR) is 153 cm³/mol. The molecule has 240 valence electrons. The van der Waals surface area contributed by atoms with Crippen LogP contribution in [0.2, 0.25) is 0 Å². The van der Waals surface area contributed by atoms with Crippen LogP contribution in [0.4, 0.5) is 0 Å². The molecule has 0 N–H and O–H groups in total. The average Bonchev–Trinajstić information content (AvgIpc) is 2.99. The van der Waals surface area contributed by atoms with Crippen molar-refractivity contribution in [3.05, 3.63) is 17.7 Å². The fourth-order valence-corrected chi connectivity index (χ4v) is 3.24. The van der Waals surface area contributed by atoms with Crippen molar-refractivity contribution in [2.45, 2.75) is 5.88 Å². The van der Waals surface area contributed by atoms with Crippen LogP contribution in [0.1, 0.15) is 5.56 Å². The van der Waals surface area contributed by atoms with E-state index in [0.29, 0.717) is 130 Å². The summed E-state index contributed by atoms with van der Waals surface area (Å²) in [4.78, 5) is 0. The van der Waals surface area contributed by atoms with E-state index >= 15 is 0 Å². The number of methoxy groups -OCH3 is 3. The summed E-state index contributed by atoms with van der Waals surface area (Å²) >= 11 is 6.15. The molecule has 0 radical (unpaired) electrons. The second-order valence-electron chi connectivity index (χ2n) is 8.25. The van der Waals surface area contributed by atoms with Crippen LogP contribution in [0.15, 0.2) is 12.1 Å². The standard InChI is InChI=1S/C28H49ClO12/c1-30-4-7-33-10-13-36-16-19-39-26-22-25(24-29)23-27(40-20-17-37-14-11-34-8-5-31-2)28(26)41-21-18-38-15-12-35-9-6-32-3/h22-23H,4-21,24H2,1-3H3. The summed E-state index contributed by atoms with van der Waals surface area (Å²) in [5.41, 5.74) is 0.827. The summed E-state index contributed by atoms with van der Waals surface area (Å²) in [6.07, 6.45) is 0. The molecule has 0 saturated heterocycles. The summed E-state index contributed by atoms with van der Waals surface area (Å²) in [6, 6.07) is 3.67. The van der Waals surface area contributed by atoms with Crippen LogP contribution in [-0.4, -0.2) is 140 Å². The van der Waals surface area contributed by atoms with E-state index in [0.717, 1.165) is 5.56 Å². The maximum absolute atomic E-state index is 6.15. The Labute approximate surface area is 249 Å². The van der Waals surface area contributed by atoms with Gasteiger partial charge >= 0.3 is 0 Å². The second-order valence-corrected chi connectivity index (χ2v) is 8.52. The average molecular weight is 613 g/mol. The molecule has 0 heterocycles. The Morgan fingerprint density at radius 3 is 1.02 bits per heavy atom. The van der Waals surface area contributed by atoms with Gasteiger partial charge in [0.15, 0.2) is 11.5 Å². The zero-order chi connectivity index (χ0) is 29.6. The molecule has 0 amide bonds. The Bertz CT molecular complexity index is 670. The van der Waals surface area contributed by atoms with Gasteiger partial charge in [0.1, 0.15) is 19.8 Å². The molecule has 1 aromatic rings. The van der Waals surface area contributed by atoms with E-state index < -0.39 is 0 Å². The van der Waals surface area contributed by atoms with E-state index in [-0.39, 0.29) is 12.5 Å². The number of alkyl halides is 1. The van der Waals surface area contributed by atoms with Gasteiger partial charge < -0.3 is 56.8 Å². The highest BCUT2D eigenvalue weighted by Crippen LogP contribution is 2.39. The zero-order valence-corrected chi connectivity index (χ0v) is 25.6. The lowest BCUT2D eigenvalue weighted by Crippen LogP contribution is -2.15. The van der Waals surface area contributed by atoms with Crippen molar-refractivity contribution in [1.29, 1.82) is 0 Å². The summed E-state index contributed by atoms with van der Waals surface area (Å²) in [7, 11) is 4.90. The van der Waals surface area contributed by atoms with E-state index in [1.807, 2.05) is 12.1 Å². The molecule has 0 saturated carbocycles. The van der Waals surface area contributed by atoms with Gasteiger partial charge in [0, 0.05) is 27.2 Å². The molecule has 0 spiro atoms. The third kappa shape index (κ3) is 21.0. The Hall–Kier alpha value is -1.45. The summed E-state index contributed by atoms with van der Waals surface area (Å²) < 4.78 is 65.9. The lowest BCUT2D eigenvalue weighted by Gasteiger charge is -2.18. The van der Waals surface area contributed by atoms with Crippen molar-refractivity contribution in [2.24, 2.45) is 0 Å². The smallest absolute Gasteiger partial charge is 0.203 e. The topological polar surface area (TPSA) is 111 Å². The normalized spacial score (nSPS) is 11.2. The predicted octanol–water partition coefficient (Wildman–Crippen LogP) is 2.60. The molecular formula is C28H49ClO12. The molecule has 13 heteroatoms. The van der Waals surface area contributed by atoms with E-state index in [4.69, 9.17) is 68.4 Å². The van der Waals surface area contributed by atoms with Gasteiger partial charge in [-0.05, 0) is 17.7 Å². The van der Waals surface area contributed by atoms with Crippen LogP contribution in [0.3, 0.4) is 0 Å². The minimum atomic E-state index is 0.282. The number of hydrogen-bond donors (Lipinski definition) is 0. The molecule has 0 aliphatic heterocycles. The molecule has 0 bridgehead atoms. The number of rotatable bonds is 31. The summed E-state index contributed by atoms with van der Waals surface area (Å²) in [6.45, 7) is 8.06. The lowest BCUT2D eigenvalue weighted by atomic mass is 10.2. The minimum absolute atomic E-state index is 0.282. The van der Waals surface area contributed by atoms with Crippen LogP contribution >= 0.6 is 11.6 Å². The second kappa shape index (κ2) is 28.7. The van der Waals surface area contributed by atoms with E-state index in [2.05, 4.69) is 0 Å². The molecular weight excluding hydrogens is 564 g/mol. The van der Waals surface area contributed by atoms with Crippen LogP contribution in [0.5, 0.6) is 17.2 Å². The molecule has 0 aliphatic carbocycles. The van der Waals surface area contributed by atoms with Crippen molar-refractivity contribution >= 4 is 11.6 Å². The van der Waals surface area contributed by atoms with Gasteiger partial charge in [-0.25, -0.2) is 0 Å². The summed E-state index contributed by atoms with van der Waals surface area (Å²) in [5, 5.41) is 0. The monoisotopic (exact) mass is 612 g/mol. The molecule has 0 aromatic heterocycles. The molecule has 1 rings (SSSR count). The zero-order valence-electron chi connectivity index (χ0n) is 24.9. The third-order valence-corrected chi connectivity index (χ3v) is 5.40. The maximum Gasteiger partial charge on any atom is 0.203 e. The highest BCUT2D eigenvalue weighted by atomic mass is 35.5. The van der Waals surface area contributed by atoms with Gasteiger partial charge in [0.05, 0.1) is 99.1 Å². The quantitative estimate of drug-likeness (QED) is 0.0908. The molecule has 0 atom stereocenters. The number of hydrogen-bond acceptors (Lipinski definition) is 12. The first kappa shape index (κ1) is 37.6. The first-order valence-corrected chi connectivity index (χ1v) is 14.3. The van der Waals surface area contributed by atoms with Crippen LogP contribution in [0, 0.1) is 0 Å². The summed E-state index contributed by atoms with van der Waals surface area (Å²) in [5.74, 6) is 1.76. The first-order valence-electron chi connectivity index (χ1n) is 13.8. The number of ether oxygens (including phenoxy) is 12. The maximum atomic E-state index is 6.15. The highest BCUT2D eigenvalue weighted by molar-refractivity contribution is 6.17. The number of benzene rings is 1. The Kier molecular flexibility index (Phi) is 26.3. The lowest BCUT2D eigenvalue weighted by molar-refractivity contribution is 0.0146. The van der Waals surface area contributed by atoms with Gasteiger partial charge in [-0.15, -0.1) is 11.6 Å². The largest absolute Gasteiger partial charge is 0.487 e. The van der Waals surface area contributed by atoms with Gasteiger partial charge in [0.2, 0.25) is 5.75 Å². The Morgan fingerprint density at radius 1 is 0.415 bits per heavy atom.